The Labute approximate surface area is 170 Å². The number of rotatable bonds is 5. The van der Waals surface area contributed by atoms with Gasteiger partial charge in [0.05, 0.1) is 17.8 Å². The highest BCUT2D eigenvalue weighted by molar-refractivity contribution is 7.10. The second kappa shape index (κ2) is 8.45. The van der Waals surface area contributed by atoms with Crippen molar-refractivity contribution in [2.75, 3.05) is 18.4 Å². The third kappa shape index (κ3) is 4.13. The van der Waals surface area contributed by atoms with E-state index >= 15 is 0 Å². The fourth-order valence-corrected chi connectivity index (χ4v) is 5.24. The van der Waals surface area contributed by atoms with Crippen LogP contribution in [0.4, 0.5) is 5.69 Å². The average Bonchev–Trinajstić information content (AvgIpc) is 3.36. The van der Waals surface area contributed by atoms with E-state index in [2.05, 4.69) is 33.9 Å². The number of benzene rings is 1. The minimum Gasteiger partial charge on any atom is -0.349 e. The SMILES string of the molecule is C[C@@H]1c2ccsc2CCN1CC(=O)Nc1ccccc1C(=O)NC1CCCC1. The summed E-state index contributed by atoms with van der Waals surface area (Å²) in [6.45, 7) is 3.36. The Morgan fingerprint density at radius 3 is 2.79 bits per heavy atom. The van der Waals surface area contributed by atoms with Crippen LogP contribution >= 0.6 is 11.3 Å². The van der Waals surface area contributed by atoms with Gasteiger partial charge in [0.1, 0.15) is 0 Å². The monoisotopic (exact) mass is 397 g/mol. The number of fused-ring (bicyclic) bond motifs is 1. The number of nitrogens with one attached hydrogen (secondary N) is 2. The molecule has 2 heterocycles. The second-order valence-corrected chi connectivity index (χ2v) is 8.74. The summed E-state index contributed by atoms with van der Waals surface area (Å²) in [6.07, 6.45) is 5.41. The highest BCUT2D eigenvalue weighted by Crippen LogP contribution is 2.32. The van der Waals surface area contributed by atoms with Crippen molar-refractivity contribution in [3.05, 3.63) is 51.7 Å². The molecule has 4 rings (SSSR count). The van der Waals surface area contributed by atoms with E-state index in [4.69, 9.17) is 0 Å². The Hall–Kier alpha value is -2.18. The van der Waals surface area contributed by atoms with Crippen molar-refractivity contribution in [1.29, 1.82) is 0 Å². The molecular formula is C22H27N3O2S. The van der Waals surface area contributed by atoms with E-state index in [1.807, 2.05) is 12.1 Å². The maximum absolute atomic E-state index is 12.7. The van der Waals surface area contributed by atoms with Gasteiger partial charge in [-0.15, -0.1) is 11.3 Å². The standard InChI is InChI=1S/C22H27N3O2S/c1-15-17-11-13-28-20(17)10-12-25(15)14-21(26)24-19-9-5-4-8-18(19)22(27)23-16-6-2-3-7-16/h4-5,8-9,11,13,15-16H,2-3,6-7,10,12,14H2,1H3,(H,23,27)(H,24,26)/t15-/m1/s1. The van der Waals surface area contributed by atoms with Gasteiger partial charge in [-0.05, 0) is 55.3 Å². The maximum Gasteiger partial charge on any atom is 0.253 e. The molecule has 1 atom stereocenters. The molecule has 1 saturated carbocycles. The van der Waals surface area contributed by atoms with E-state index in [1.54, 1.807) is 23.5 Å². The fourth-order valence-electron chi connectivity index (χ4n) is 4.28. The summed E-state index contributed by atoms with van der Waals surface area (Å²) in [6, 6.07) is 9.93. The van der Waals surface area contributed by atoms with Gasteiger partial charge >= 0.3 is 0 Å². The molecule has 0 radical (unpaired) electrons. The number of hydrogen-bond donors (Lipinski definition) is 2. The highest BCUT2D eigenvalue weighted by atomic mass is 32.1. The lowest BCUT2D eigenvalue weighted by molar-refractivity contribution is -0.117. The molecule has 1 aromatic heterocycles. The molecule has 0 saturated heterocycles. The van der Waals surface area contributed by atoms with Gasteiger partial charge < -0.3 is 10.6 Å². The summed E-state index contributed by atoms with van der Waals surface area (Å²) in [5.41, 5.74) is 2.46. The first-order chi connectivity index (χ1) is 13.6. The molecule has 28 heavy (non-hydrogen) atoms. The quantitative estimate of drug-likeness (QED) is 0.802. The normalized spacial score (nSPS) is 20.0. The molecule has 5 nitrogen and oxygen atoms in total. The lowest BCUT2D eigenvalue weighted by Crippen LogP contribution is -2.39. The first-order valence-corrected chi connectivity index (χ1v) is 11.0. The zero-order valence-corrected chi connectivity index (χ0v) is 17.1. The van der Waals surface area contributed by atoms with Crippen LogP contribution in [0.1, 0.15) is 59.4 Å². The average molecular weight is 398 g/mol. The molecule has 1 aliphatic heterocycles. The largest absolute Gasteiger partial charge is 0.349 e. The summed E-state index contributed by atoms with van der Waals surface area (Å²) < 4.78 is 0. The van der Waals surface area contributed by atoms with Gasteiger partial charge in [-0.2, -0.15) is 0 Å². The molecule has 1 fully saturated rings. The number of para-hydroxylation sites is 1. The van der Waals surface area contributed by atoms with Crippen molar-refractivity contribution in [2.24, 2.45) is 0 Å². The predicted octanol–water partition coefficient (Wildman–Crippen LogP) is 3.98. The summed E-state index contributed by atoms with van der Waals surface area (Å²) in [7, 11) is 0. The molecular weight excluding hydrogens is 370 g/mol. The van der Waals surface area contributed by atoms with E-state index in [1.165, 1.54) is 23.3 Å². The van der Waals surface area contributed by atoms with E-state index in [0.29, 0.717) is 17.8 Å². The van der Waals surface area contributed by atoms with E-state index in [0.717, 1.165) is 25.8 Å². The zero-order valence-electron chi connectivity index (χ0n) is 16.2. The van der Waals surface area contributed by atoms with Crippen molar-refractivity contribution in [3.63, 3.8) is 0 Å². The van der Waals surface area contributed by atoms with Crippen molar-refractivity contribution >= 4 is 28.8 Å². The van der Waals surface area contributed by atoms with Gasteiger partial charge in [-0.3, -0.25) is 14.5 Å². The summed E-state index contributed by atoms with van der Waals surface area (Å²) in [5.74, 6) is -0.177. The number of hydrogen-bond acceptors (Lipinski definition) is 4. The lowest BCUT2D eigenvalue weighted by Gasteiger charge is -2.33. The minimum absolute atomic E-state index is 0.0772. The van der Waals surface area contributed by atoms with E-state index in [-0.39, 0.29) is 23.9 Å². The van der Waals surface area contributed by atoms with E-state index < -0.39 is 0 Å². The van der Waals surface area contributed by atoms with Gasteiger partial charge in [0.25, 0.3) is 5.91 Å². The zero-order chi connectivity index (χ0) is 19.5. The molecule has 2 amide bonds. The van der Waals surface area contributed by atoms with Gasteiger partial charge in [0, 0.05) is 23.5 Å². The Balaban J connectivity index is 1.40. The number of thiophene rings is 1. The first-order valence-electron chi connectivity index (χ1n) is 10.1. The number of amides is 2. The van der Waals surface area contributed by atoms with Crippen LogP contribution in [0.15, 0.2) is 35.7 Å². The van der Waals surface area contributed by atoms with Crippen LogP contribution in [0.25, 0.3) is 0 Å². The Morgan fingerprint density at radius 2 is 1.96 bits per heavy atom. The van der Waals surface area contributed by atoms with Gasteiger partial charge in [-0.25, -0.2) is 0 Å². The van der Waals surface area contributed by atoms with Crippen molar-refractivity contribution in [2.45, 2.75) is 51.1 Å². The molecule has 2 N–H and O–H groups in total. The van der Waals surface area contributed by atoms with Crippen LogP contribution in [-0.4, -0.2) is 35.8 Å². The summed E-state index contributed by atoms with van der Waals surface area (Å²) in [4.78, 5) is 29.0. The number of nitrogens with zero attached hydrogens (tertiary/aromatic N) is 1. The third-order valence-electron chi connectivity index (χ3n) is 5.89. The summed E-state index contributed by atoms with van der Waals surface area (Å²) in [5, 5.41) is 8.20. The first kappa shape index (κ1) is 19.2. The van der Waals surface area contributed by atoms with Crippen LogP contribution in [-0.2, 0) is 11.2 Å². The minimum atomic E-state index is -0.0999. The molecule has 2 aliphatic rings. The highest BCUT2D eigenvalue weighted by Gasteiger charge is 2.26. The van der Waals surface area contributed by atoms with Crippen LogP contribution in [0.3, 0.4) is 0 Å². The smallest absolute Gasteiger partial charge is 0.253 e. The summed E-state index contributed by atoms with van der Waals surface area (Å²) >= 11 is 1.80. The molecule has 0 bridgehead atoms. The molecule has 6 heteroatoms. The van der Waals surface area contributed by atoms with Gasteiger partial charge in [0.2, 0.25) is 5.91 Å². The van der Waals surface area contributed by atoms with Crippen molar-refractivity contribution in [1.82, 2.24) is 10.2 Å². The third-order valence-corrected chi connectivity index (χ3v) is 6.88. The van der Waals surface area contributed by atoms with E-state index in [9.17, 15) is 9.59 Å². The Morgan fingerprint density at radius 1 is 1.18 bits per heavy atom. The number of carbonyl (C=O) groups excluding carboxylic acids is 2. The molecule has 1 aliphatic carbocycles. The van der Waals surface area contributed by atoms with Gasteiger partial charge in [-0.1, -0.05) is 25.0 Å². The topological polar surface area (TPSA) is 61.4 Å². The van der Waals surface area contributed by atoms with Crippen LogP contribution < -0.4 is 10.6 Å². The van der Waals surface area contributed by atoms with Crippen molar-refractivity contribution in [3.8, 4) is 0 Å². The lowest BCUT2D eigenvalue weighted by atomic mass is 10.0. The number of carbonyl (C=O) groups is 2. The van der Waals surface area contributed by atoms with Gasteiger partial charge in [0.15, 0.2) is 0 Å². The molecule has 0 spiro atoms. The molecule has 2 aromatic rings. The Bertz CT molecular complexity index is 857. The van der Waals surface area contributed by atoms with Crippen LogP contribution in [0.2, 0.25) is 0 Å². The number of anilines is 1. The van der Waals surface area contributed by atoms with Crippen LogP contribution in [0.5, 0.6) is 0 Å². The predicted molar refractivity (Wildman–Crippen MR) is 113 cm³/mol. The molecule has 1 aromatic carbocycles. The van der Waals surface area contributed by atoms with Crippen molar-refractivity contribution < 1.29 is 9.59 Å². The second-order valence-electron chi connectivity index (χ2n) is 7.74. The van der Waals surface area contributed by atoms with Crippen LogP contribution in [0, 0.1) is 0 Å². The molecule has 0 unspecified atom stereocenters. The fraction of sp³-hybridized carbons (Fsp3) is 0.455. The maximum atomic E-state index is 12.7. The molecule has 148 valence electrons. The Kier molecular flexibility index (Phi) is 5.78.